The van der Waals surface area contributed by atoms with Crippen LogP contribution in [-0.4, -0.2) is 27.0 Å². The summed E-state index contributed by atoms with van der Waals surface area (Å²) in [6.07, 6.45) is 6.14. The fraction of sp³-hybridized carbons (Fsp3) is 0.385. The highest BCUT2D eigenvalue weighted by Crippen LogP contribution is 2.27. The van der Waals surface area contributed by atoms with Gasteiger partial charge in [0.1, 0.15) is 5.82 Å². The van der Waals surface area contributed by atoms with E-state index in [1.54, 1.807) is 6.08 Å². The summed E-state index contributed by atoms with van der Waals surface area (Å²) in [7, 11) is 0. The van der Waals surface area contributed by atoms with Gasteiger partial charge >= 0.3 is 5.97 Å². The van der Waals surface area contributed by atoms with Crippen LogP contribution < -0.4 is 5.32 Å². The molecule has 0 saturated heterocycles. The van der Waals surface area contributed by atoms with Gasteiger partial charge in [0.15, 0.2) is 0 Å². The highest BCUT2D eigenvalue weighted by atomic mass is 16.4. The second-order valence-corrected chi connectivity index (χ2v) is 4.75. The fourth-order valence-corrected chi connectivity index (χ4v) is 1.75. The van der Waals surface area contributed by atoms with Crippen molar-refractivity contribution < 1.29 is 14.7 Å². The van der Waals surface area contributed by atoms with Gasteiger partial charge in [-0.1, -0.05) is 26.0 Å². The molecule has 0 spiro atoms. The third kappa shape index (κ3) is 2.78. The van der Waals surface area contributed by atoms with E-state index in [9.17, 15) is 9.59 Å². The lowest BCUT2D eigenvalue weighted by Gasteiger charge is -2.24. The topological polar surface area (TPSA) is 92.2 Å². The Hall–Kier alpha value is -2.24. The molecular formula is C13H15N3O3. The number of carbonyl (C=O) groups is 2. The Morgan fingerprint density at radius 1 is 1.21 bits per heavy atom. The Morgan fingerprint density at radius 3 is 2.21 bits per heavy atom. The summed E-state index contributed by atoms with van der Waals surface area (Å²) in [4.78, 5) is 30.9. The molecule has 6 heteroatoms. The van der Waals surface area contributed by atoms with Crippen LogP contribution in [0.3, 0.4) is 0 Å². The maximum atomic E-state index is 11.8. The summed E-state index contributed by atoms with van der Waals surface area (Å²) in [5.41, 5.74) is 0.471. The first-order chi connectivity index (χ1) is 8.99. The maximum absolute atomic E-state index is 11.8. The highest BCUT2D eigenvalue weighted by Gasteiger charge is 2.35. The molecule has 6 nitrogen and oxygen atoms in total. The lowest BCUT2D eigenvalue weighted by molar-refractivity contribution is -0.144. The predicted octanol–water partition coefficient (Wildman–Crippen LogP) is 1.43. The zero-order valence-corrected chi connectivity index (χ0v) is 10.7. The van der Waals surface area contributed by atoms with Gasteiger partial charge in [-0.3, -0.25) is 9.59 Å². The minimum Gasteiger partial charge on any atom is -0.481 e. The maximum Gasteiger partial charge on any atom is 0.311 e. The Morgan fingerprint density at radius 2 is 1.79 bits per heavy atom. The predicted molar refractivity (Wildman–Crippen MR) is 68.5 cm³/mol. The number of nitrogens with one attached hydrogen (secondary N) is 1. The Labute approximate surface area is 110 Å². The van der Waals surface area contributed by atoms with Gasteiger partial charge in [0.05, 0.1) is 29.9 Å². The number of rotatable bonds is 4. The van der Waals surface area contributed by atoms with E-state index in [0.717, 1.165) is 0 Å². The summed E-state index contributed by atoms with van der Waals surface area (Å²) in [5, 5.41) is 11.5. The monoisotopic (exact) mass is 261 g/mol. The minimum atomic E-state index is -0.992. The molecular weight excluding hydrogens is 246 g/mol. The molecule has 0 bridgehead atoms. The first-order valence-electron chi connectivity index (χ1n) is 6.03. The van der Waals surface area contributed by atoms with E-state index >= 15 is 0 Å². The van der Waals surface area contributed by atoms with Crippen molar-refractivity contribution >= 4 is 17.6 Å². The van der Waals surface area contributed by atoms with Crippen molar-refractivity contribution in [1.82, 2.24) is 9.97 Å². The van der Waals surface area contributed by atoms with Gasteiger partial charge in [0.25, 0.3) is 0 Å². The number of carboxylic acids is 1. The summed E-state index contributed by atoms with van der Waals surface area (Å²) >= 11 is 0. The molecule has 100 valence electrons. The van der Waals surface area contributed by atoms with Crippen LogP contribution in [0, 0.1) is 11.8 Å². The molecule has 1 aliphatic carbocycles. The zero-order chi connectivity index (χ0) is 14.0. The molecule has 2 N–H and O–H groups in total. The fourth-order valence-electron chi connectivity index (χ4n) is 1.75. The lowest BCUT2D eigenvalue weighted by atomic mass is 9.81. The van der Waals surface area contributed by atoms with Crippen molar-refractivity contribution in [1.29, 1.82) is 0 Å². The largest absolute Gasteiger partial charge is 0.481 e. The average molecular weight is 261 g/mol. The van der Waals surface area contributed by atoms with Crippen LogP contribution in [0.1, 0.15) is 25.6 Å². The van der Waals surface area contributed by atoms with Crippen molar-refractivity contribution in [2.75, 3.05) is 5.32 Å². The molecule has 0 radical (unpaired) electrons. The van der Waals surface area contributed by atoms with Crippen molar-refractivity contribution in [2.45, 2.75) is 19.8 Å². The van der Waals surface area contributed by atoms with Gasteiger partial charge in [-0.25, -0.2) is 9.97 Å². The molecule has 0 aromatic carbocycles. The molecule has 1 amide bonds. The number of carbonyl (C=O) groups excluding carboxylic acids is 1. The number of aliphatic carboxylic acids is 1. The van der Waals surface area contributed by atoms with Crippen LogP contribution in [0.5, 0.6) is 0 Å². The summed E-state index contributed by atoms with van der Waals surface area (Å²) < 4.78 is 0. The van der Waals surface area contributed by atoms with E-state index < -0.39 is 17.8 Å². The van der Waals surface area contributed by atoms with E-state index in [1.165, 1.54) is 18.5 Å². The summed E-state index contributed by atoms with van der Waals surface area (Å²) in [6.45, 7) is 3.95. The zero-order valence-electron chi connectivity index (χ0n) is 10.7. The normalized spacial score (nSPS) is 21.0. The standard InChI is InChI=1S/C13H15N3O3/c1-7(2)11-14-5-8(6-15-11)16-12(17)9-3-4-10(9)13(18)19/h3-7,9-10H,1-2H3,(H,16,17)(H,18,19)/t9-,10+/m1/s1. The van der Waals surface area contributed by atoms with Crippen LogP contribution in [0.4, 0.5) is 5.69 Å². The average Bonchev–Trinajstić information content (AvgIpc) is 2.27. The van der Waals surface area contributed by atoms with Gasteiger partial charge < -0.3 is 10.4 Å². The van der Waals surface area contributed by atoms with Gasteiger partial charge in [-0.2, -0.15) is 0 Å². The van der Waals surface area contributed by atoms with E-state index in [2.05, 4.69) is 15.3 Å². The molecule has 0 unspecified atom stereocenters. The van der Waals surface area contributed by atoms with Gasteiger partial charge in [0, 0.05) is 5.92 Å². The summed E-state index contributed by atoms with van der Waals surface area (Å²) in [6, 6.07) is 0. The molecule has 1 aromatic heterocycles. The Balaban J connectivity index is 2.00. The van der Waals surface area contributed by atoms with E-state index in [-0.39, 0.29) is 11.8 Å². The molecule has 0 fully saturated rings. The van der Waals surface area contributed by atoms with Crippen LogP contribution in [0.15, 0.2) is 24.5 Å². The molecule has 2 rings (SSSR count). The van der Waals surface area contributed by atoms with Crippen LogP contribution in [0.25, 0.3) is 0 Å². The number of nitrogens with zero attached hydrogens (tertiary/aromatic N) is 2. The summed E-state index contributed by atoms with van der Waals surface area (Å²) in [5.74, 6) is -1.79. The van der Waals surface area contributed by atoms with Crippen LogP contribution in [0.2, 0.25) is 0 Å². The van der Waals surface area contributed by atoms with Crippen molar-refractivity contribution in [3.05, 3.63) is 30.4 Å². The second-order valence-electron chi connectivity index (χ2n) is 4.75. The number of carboxylic acid groups (broad SMARTS) is 1. The molecule has 0 saturated carbocycles. The van der Waals surface area contributed by atoms with Gasteiger partial charge in [-0.15, -0.1) is 0 Å². The third-order valence-corrected chi connectivity index (χ3v) is 2.96. The van der Waals surface area contributed by atoms with Crippen LogP contribution in [-0.2, 0) is 9.59 Å². The SMILES string of the molecule is CC(C)c1ncc(NC(=O)[C@@H]2C=C[C@@H]2C(=O)O)cn1. The number of aromatic nitrogens is 2. The van der Waals surface area contributed by atoms with Gasteiger partial charge in [0.2, 0.25) is 5.91 Å². The van der Waals surface area contributed by atoms with E-state index in [1.807, 2.05) is 13.8 Å². The molecule has 19 heavy (non-hydrogen) atoms. The van der Waals surface area contributed by atoms with Crippen LogP contribution >= 0.6 is 0 Å². The number of hydrogen-bond donors (Lipinski definition) is 2. The molecule has 1 aromatic rings. The molecule has 0 aliphatic heterocycles. The smallest absolute Gasteiger partial charge is 0.311 e. The van der Waals surface area contributed by atoms with Crippen molar-refractivity contribution in [2.24, 2.45) is 11.8 Å². The molecule has 1 aliphatic rings. The van der Waals surface area contributed by atoms with Crippen molar-refractivity contribution in [3.8, 4) is 0 Å². The van der Waals surface area contributed by atoms with Crippen molar-refractivity contribution in [3.63, 3.8) is 0 Å². The number of amides is 1. The van der Waals surface area contributed by atoms with E-state index in [0.29, 0.717) is 11.5 Å². The molecule has 2 atom stereocenters. The Bertz CT molecular complexity index is 522. The number of hydrogen-bond acceptors (Lipinski definition) is 4. The highest BCUT2D eigenvalue weighted by molar-refractivity contribution is 5.98. The quantitative estimate of drug-likeness (QED) is 0.800. The lowest BCUT2D eigenvalue weighted by Crippen LogP contribution is -2.36. The van der Waals surface area contributed by atoms with E-state index in [4.69, 9.17) is 5.11 Å². The first-order valence-corrected chi connectivity index (χ1v) is 6.03. The third-order valence-electron chi connectivity index (χ3n) is 2.96. The number of anilines is 1. The molecule has 1 heterocycles. The second kappa shape index (κ2) is 5.17. The van der Waals surface area contributed by atoms with Gasteiger partial charge in [-0.05, 0) is 0 Å². The minimum absolute atomic E-state index is 0.218. The first kappa shape index (κ1) is 13.2. The Kier molecular flexibility index (Phi) is 3.59.